The van der Waals surface area contributed by atoms with E-state index in [1.807, 2.05) is 13.8 Å². The first kappa shape index (κ1) is 19.0. The summed E-state index contributed by atoms with van der Waals surface area (Å²) in [5.74, 6) is -0.182. The Balaban J connectivity index is 2.02. The summed E-state index contributed by atoms with van der Waals surface area (Å²) < 4.78 is 0. The van der Waals surface area contributed by atoms with E-state index in [9.17, 15) is 9.59 Å². The van der Waals surface area contributed by atoms with Crippen molar-refractivity contribution in [3.05, 3.63) is 68.7 Å². The van der Waals surface area contributed by atoms with Crippen LogP contribution in [0.15, 0.2) is 41.4 Å². The van der Waals surface area contributed by atoms with Gasteiger partial charge in [-0.1, -0.05) is 47.1 Å². The number of rotatable bonds is 2. The number of thioether (sulfide) groups is 1. The highest BCUT2D eigenvalue weighted by Gasteiger charge is 2.31. The fraction of sp³-hybridized carbons (Fsp3) is 0.211. The predicted octanol–water partition coefficient (Wildman–Crippen LogP) is 5.00. The minimum Gasteiger partial charge on any atom is -0.268 e. The molecular weight excluding hydrogens is 391 g/mol. The minimum atomic E-state index is -0.457. The molecule has 2 amide bonds. The summed E-state index contributed by atoms with van der Waals surface area (Å²) in [4.78, 5) is 31.6. The Hall–Kier alpha value is -1.82. The number of imide groups is 1. The SMILES string of the molecule is Cc1ccc(C(=O)N(C(=O)c2ccc(C)c(Cl)c2)C2=NCCS2)cc1Cl. The molecule has 0 saturated heterocycles. The van der Waals surface area contributed by atoms with E-state index in [0.717, 1.165) is 21.8 Å². The van der Waals surface area contributed by atoms with Crippen molar-refractivity contribution in [3.63, 3.8) is 0 Å². The van der Waals surface area contributed by atoms with Gasteiger partial charge >= 0.3 is 0 Å². The Morgan fingerprint density at radius 3 is 1.85 bits per heavy atom. The van der Waals surface area contributed by atoms with Crippen LogP contribution in [0.2, 0.25) is 10.0 Å². The Morgan fingerprint density at radius 2 is 1.46 bits per heavy atom. The van der Waals surface area contributed by atoms with Crippen molar-refractivity contribution in [2.45, 2.75) is 13.8 Å². The molecule has 7 heteroatoms. The van der Waals surface area contributed by atoms with Gasteiger partial charge in [0.1, 0.15) is 0 Å². The van der Waals surface area contributed by atoms with Crippen molar-refractivity contribution < 1.29 is 9.59 Å². The van der Waals surface area contributed by atoms with Crippen molar-refractivity contribution in [3.8, 4) is 0 Å². The minimum absolute atomic E-state index is 0.336. The van der Waals surface area contributed by atoms with Gasteiger partial charge in [-0.25, -0.2) is 4.90 Å². The highest BCUT2D eigenvalue weighted by molar-refractivity contribution is 8.14. The third-order valence-electron chi connectivity index (χ3n) is 4.00. The normalized spacial score (nSPS) is 13.5. The van der Waals surface area contributed by atoms with Gasteiger partial charge in [-0.05, 0) is 49.2 Å². The second kappa shape index (κ2) is 7.82. The molecule has 0 bridgehead atoms. The highest BCUT2D eigenvalue weighted by Crippen LogP contribution is 2.25. The summed E-state index contributed by atoms with van der Waals surface area (Å²) >= 11 is 13.7. The molecule has 26 heavy (non-hydrogen) atoms. The van der Waals surface area contributed by atoms with Gasteiger partial charge in [-0.2, -0.15) is 0 Å². The summed E-state index contributed by atoms with van der Waals surface area (Å²) in [5, 5.41) is 1.35. The standard InChI is InChI=1S/C19H16Cl2N2O2S/c1-11-3-5-13(9-15(11)20)17(24)23(19-22-7-8-26-19)18(25)14-6-4-12(2)16(21)10-14/h3-6,9-10H,7-8H2,1-2H3. The quantitative estimate of drug-likeness (QED) is 0.659. The van der Waals surface area contributed by atoms with Crippen molar-refractivity contribution in [1.29, 1.82) is 0 Å². The molecule has 3 rings (SSSR count). The lowest BCUT2D eigenvalue weighted by Crippen LogP contribution is -2.40. The van der Waals surface area contributed by atoms with E-state index in [0.29, 0.717) is 32.9 Å². The van der Waals surface area contributed by atoms with Crippen LogP contribution in [-0.4, -0.2) is 34.2 Å². The lowest BCUT2D eigenvalue weighted by Gasteiger charge is -2.20. The van der Waals surface area contributed by atoms with Gasteiger partial charge in [0, 0.05) is 26.9 Å². The summed E-state index contributed by atoms with van der Waals surface area (Å²) in [5.41, 5.74) is 2.39. The summed E-state index contributed by atoms with van der Waals surface area (Å²) in [7, 11) is 0. The molecule has 0 spiro atoms. The van der Waals surface area contributed by atoms with Crippen LogP contribution in [0.25, 0.3) is 0 Å². The van der Waals surface area contributed by atoms with Crippen molar-refractivity contribution in [2.75, 3.05) is 12.3 Å². The third-order valence-corrected chi connectivity index (χ3v) is 5.78. The number of hydrogen-bond donors (Lipinski definition) is 0. The van der Waals surface area contributed by atoms with Crippen LogP contribution in [0, 0.1) is 13.8 Å². The molecule has 0 N–H and O–H groups in total. The number of aliphatic imine (C=N–C) groups is 1. The number of amidine groups is 1. The van der Waals surface area contributed by atoms with E-state index in [1.165, 1.54) is 11.8 Å². The third kappa shape index (κ3) is 3.80. The van der Waals surface area contributed by atoms with Crippen LogP contribution in [0.4, 0.5) is 0 Å². The van der Waals surface area contributed by atoms with E-state index in [4.69, 9.17) is 23.2 Å². The van der Waals surface area contributed by atoms with E-state index >= 15 is 0 Å². The molecule has 0 radical (unpaired) electrons. The number of aryl methyl sites for hydroxylation is 2. The van der Waals surface area contributed by atoms with Gasteiger partial charge in [-0.15, -0.1) is 0 Å². The molecule has 0 aliphatic carbocycles. The zero-order chi connectivity index (χ0) is 18.8. The van der Waals surface area contributed by atoms with Crippen molar-refractivity contribution in [1.82, 2.24) is 4.90 Å². The number of carbonyl (C=O) groups is 2. The molecule has 1 aliphatic heterocycles. The summed E-state index contributed by atoms with van der Waals surface area (Å²) in [6.07, 6.45) is 0. The van der Waals surface area contributed by atoms with Gasteiger partial charge in [0.2, 0.25) is 0 Å². The van der Waals surface area contributed by atoms with Crippen molar-refractivity contribution in [2.24, 2.45) is 4.99 Å². The number of halogens is 2. The molecule has 0 saturated carbocycles. The Bertz CT molecular complexity index is 864. The second-order valence-corrected chi connectivity index (χ2v) is 7.76. The first-order valence-corrected chi connectivity index (χ1v) is 9.71. The zero-order valence-corrected chi connectivity index (χ0v) is 16.6. The molecule has 2 aromatic carbocycles. The molecule has 4 nitrogen and oxygen atoms in total. The van der Waals surface area contributed by atoms with Crippen LogP contribution in [0.5, 0.6) is 0 Å². The Morgan fingerprint density at radius 1 is 0.962 bits per heavy atom. The van der Waals surface area contributed by atoms with Gasteiger partial charge in [-0.3, -0.25) is 14.6 Å². The van der Waals surface area contributed by atoms with Crippen molar-refractivity contribution >= 4 is 51.9 Å². The smallest absolute Gasteiger partial charge is 0.267 e. The lowest BCUT2D eigenvalue weighted by atomic mass is 10.1. The number of carbonyl (C=O) groups excluding carboxylic acids is 2. The maximum absolute atomic E-state index is 13.1. The number of amides is 2. The van der Waals surface area contributed by atoms with Gasteiger partial charge in [0.05, 0.1) is 6.54 Å². The molecule has 1 heterocycles. The average molecular weight is 407 g/mol. The second-order valence-electron chi connectivity index (χ2n) is 5.89. The molecule has 0 unspecified atom stereocenters. The van der Waals surface area contributed by atoms with Crippen LogP contribution in [0.3, 0.4) is 0 Å². The Kier molecular flexibility index (Phi) is 5.70. The van der Waals surface area contributed by atoms with E-state index in [-0.39, 0.29) is 0 Å². The lowest BCUT2D eigenvalue weighted by molar-refractivity contribution is 0.0717. The molecule has 134 valence electrons. The largest absolute Gasteiger partial charge is 0.268 e. The molecule has 1 aliphatic rings. The highest BCUT2D eigenvalue weighted by atomic mass is 35.5. The predicted molar refractivity (Wildman–Crippen MR) is 108 cm³/mol. The molecule has 0 atom stereocenters. The molecule has 0 aromatic heterocycles. The summed E-state index contributed by atoms with van der Waals surface area (Å²) in [6, 6.07) is 9.97. The van der Waals surface area contributed by atoms with E-state index in [1.54, 1.807) is 36.4 Å². The van der Waals surface area contributed by atoms with Crippen LogP contribution in [0.1, 0.15) is 31.8 Å². The average Bonchev–Trinajstić information content (AvgIpc) is 3.14. The maximum Gasteiger partial charge on any atom is 0.267 e. The first-order valence-electron chi connectivity index (χ1n) is 7.97. The van der Waals surface area contributed by atoms with E-state index in [2.05, 4.69) is 4.99 Å². The van der Waals surface area contributed by atoms with Crippen LogP contribution >= 0.6 is 35.0 Å². The fourth-order valence-corrected chi connectivity index (χ4v) is 3.64. The molecule has 0 fully saturated rings. The van der Waals surface area contributed by atoms with Gasteiger partial charge in [0.15, 0.2) is 5.17 Å². The molecule has 2 aromatic rings. The Labute approximate surface area is 166 Å². The van der Waals surface area contributed by atoms with Crippen LogP contribution in [-0.2, 0) is 0 Å². The number of benzene rings is 2. The number of nitrogens with zero attached hydrogens (tertiary/aromatic N) is 2. The number of hydrogen-bond acceptors (Lipinski definition) is 4. The van der Waals surface area contributed by atoms with Crippen LogP contribution < -0.4 is 0 Å². The van der Waals surface area contributed by atoms with E-state index < -0.39 is 11.8 Å². The van der Waals surface area contributed by atoms with Gasteiger partial charge in [0.25, 0.3) is 11.8 Å². The van der Waals surface area contributed by atoms with Gasteiger partial charge < -0.3 is 0 Å². The zero-order valence-electron chi connectivity index (χ0n) is 14.3. The monoisotopic (exact) mass is 406 g/mol. The maximum atomic E-state index is 13.1. The fourth-order valence-electron chi connectivity index (χ4n) is 2.44. The molecular formula is C19H16Cl2N2O2S. The first-order chi connectivity index (χ1) is 12.4. The topological polar surface area (TPSA) is 49.7 Å². The summed E-state index contributed by atoms with van der Waals surface area (Å²) in [6.45, 7) is 4.27.